The minimum absolute atomic E-state index is 0.217. The fraction of sp³-hybridized carbons (Fsp3) is 0.533. The predicted molar refractivity (Wildman–Crippen MR) is 74.3 cm³/mol. The molecule has 1 aliphatic carbocycles. The van der Waals surface area contributed by atoms with Crippen LogP contribution < -0.4 is 5.73 Å². The van der Waals surface area contributed by atoms with Gasteiger partial charge < -0.3 is 15.6 Å². The standard InChI is InChI=1S/C15H20N2O2/c16-9-11-4-5-13-14(7-11)19-15(17-13)8-10-2-1-3-12(18)6-10/h1-3,6,11,13-14,18H,4-5,7-9,16H2. The first kappa shape index (κ1) is 12.5. The van der Waals surface area contributed by atoms with Gasteiger partial charge in [0.05, 0.1) is 6.04 Å². The third-order valence-electron chi connectivity index (χ3n) is 4.06. The Morgan fingerprint density at radius 2 is 2.26 bits per heavy atom. The predicted octanol–water partition coefficient (Wildman–Crippen LogP) is 1.86. The number of nitrogens with two attached hydrogens (primary N) is 1. The van der Waals surface area contributed by atoms with Gasteiger partial charge in [0.1, 0.15) is 11.9 Å². The molecule has 0 spiro atoms. The van der Waals surface area contributed by atoms with Gasteiger partial charge in [-0.1, -0.05) is 12.1 Å². The first-order valence-electron chi connectivity index (χ1n) is 6.96. The molecule has 1 saturated carbocycles. The molecule has 1 aliphatic heterocycles. The van der Waals surface area contributed by atoms with Crippen molar-refractivity contribution in [2.75, 3.05) is 6.54 Å². The van der Waals surface area contributed by atoms with E-state index in [0.29, 0.717) is 18.4 Å². The fourth-order valence-corrected chi connectivity index (χ4v) is 3.00. The summed E-state index contributed by atoms with van der Waals surface area (Å²) in [5, 5.41) is 9.47. The van der Waals surface area contributed by atoms with Gasteiger partial charge in [-0.3, -0.25) is 0 Å². The highest BCUT2D eigenvalue weighted by Gasteiger charge is 2.36. The highest BCUT2D eigenvalue weighted by atomic mass is 16.5. The number of rotatable bonds is 3. The van der Waals surface area contributed by atoms with Crippen molar-refractivity contribution in [2.45, 2.75) is 37.8 Å². The van der Waals surface area contributed by atoms with Gasteiger partial charge in [0.2, 0.25) is 0 Å². The second-order valence-corrected chi connectivity index (χ2v) is 5.51. The van der Waals surface area contributed by atoms with Crippen molar-refractivity contribution < 1.29 is 9.84 Å². The summed E-state index contributed by atoms with van der Waals surface area (Å²) < 4.78 is 5.95. The molecule has 0 saturated heterocycles. The maximum absolute atomic E-state index is 9.47. The molecule has 19 heavy (non-hydrogen) atoms. The molecule has 0 bridgehead atoms. The van der Waals surface area contributed by atoms with E-state index >= 15 is 0 Å². The van der Waals surface area contributed by atoms with Crippen LogP contribution in [0.2, 0.25) is 0 Å². The summed E-state index contributed by atoms with van der Waals surface area (Å²) in [5.74, 6) is 1.67. The first-order valence-corrected chi connectivity index (χ1v) is 6.96. The van der Waals surface area contributed by atoms with Crippen molar-refractivity contribution in [3.63, 3.8) is 0 Å². The summed E-state index contributed by atoms with van der Waals surface area (Å²) in [4.78, 5) is 4.68. The Kier molecular flexibility index (Phi) is 3.42. The topological polar surface area (TPSA) is 67.8 Å². The minimum Gasteiger partial charge on any atom is -0.508 e. The molecule has 1 aromatic rings. The number of phenolic OH excluding ortho intramolecular Hbond substituents is 1. The zero-order valence-electron chi connectivity index (χ0n) is 11.0. The molecule has 0 amide bonds. The number of benzene rings is 1. The number of hydrogen-bond acceptors (Lipinski definition) is 4. The molecule has 4 heteroatoms. The molecular formula is C15H20N2O2. The number of aromatic hydroxyl groups is 1. The second-order valence-electron chi connectivity index (χ2n) is 5.51. The average Bonchev–Trinajstić information content (AvgIpc) is 2.79. The van der Waals surface area contributed by atoms with Gasteiger partial charge >= 0.3 is 0 Å². The Hall–Kier alpha value is -1.55. The van der Waals surface area contributed by atoms with Crippen molar-refractivity contribution in [1.82, 2.24) is 0 Å². The Morgan fingerprint density at radius 1 is 1.37 bits per heavy atom. The van der Waals surface area contributed by atoms with Crippen molar-refractivity contribution in [1.29, 1.82) is 0 Å². The van der Waals surface area contributed by atoms with Crippen LogP contribution in [0.15, 0.2) is 29.3 Å². The van der Waals surface area contributed by atoms with E-state index in [1.165, 1.54) is 0 Å². The number of phenols is 1. The van der Waals surface area contributed by atoms with Crippen LogP contribution >= 0.6 is 0 Å². The lowest BCUT2D eigenvalue weighted by atomic mass is 9.84. The van der Waals surface area contributed by atoms with Crippen LogP contribution in [0.4, 0.5) is 0 Å². The van der Waals surface area contributed by atoms with Crippen LogP contribution in [0.25, 0.3) is 0 Å². The van der Waals surface area contributed by atoms with E-state index in [2.05, 4.69) is 4.99 Å². The highest BCUT2D eigenvalue weighted by Crippen LogP contribution is 2.32. The Balaban J connectivity index is 1.65. The van der Waals surface area contributed by atoms with E-state index < -0.39 is 0 Å². The third kappa shape index (κ3) is 2.73. The molecule has 3 N–H and O–H groups in total. The molecule has 102 valence electrons. The monoisotopic (exact) mass is 260 g/mol. The van der Waals surface area contributed by atoms with Crippen molar-refractivity contribution in [2.24, 2.45) is 16.6 Å². The molecule has 3 atom stereocenters. The number of nitrogens with zero attached hydrogens (tertiary/aromatic N) is 1. The lowest BCUT2D eigenvalue weighted by molar-refractivity contribution is 0.121. The number of hydrogen-bond donors (Lipinski definition) is 2. The summed E-state index contributed by atoms with van der Waals surface area (Å²) in [6.45, 7) is 0.745. The highest BCUT2D eigenvalue weighted by molar-refractivity contribution is 5.80. The van der Waals surface area contributed by atoms with Crippen LogP contribution in [0, 0.1) is 5.92 Å². The Bertz CT molecular complexity index is 487. The average molecular weight is 260 g/mol. The van der Waals surface area contributed by atoms with Crippen LogP contribution in [-0.4, -0.2) is 29.7 Å². The smallest absolute Gasteiger partial charge is 0.188 e. The number of fused-ring (bicyclic) bond motifs is 1. The summed E-state index contributed by atoms with van der Waals surface area (Å²) in [7, 11) is 0. The molecule has 1 aromatic carbocycles. The number of ether oxygens (including phenoxy) is 1. The molecule has 0 aromatic heterocycles. The van der Waals surface area contributed by atoms with Gasteiger partial charge in [-0.2, -0.15) is 0 Å². The van der Waals surface area contributed by atoms with Crippen molar-refractivity contribution >= 4 is 5.90 Å². The lowest BCUT2D eigenvalue weighted by Gasteiger charge is -2.28. The van der Waals surface area contributed by atoms with E-state index in [1.54, 1.807) is 12.1 Å². The zero-order valence-corrected chi connectivity index (χ0v) is 11.0. The lowest BCUT2D eigenvalue weighted by Crippen LogP contribution is -2.34. The summed E-state index contributed by atoms with van der Waals surface area (Å²) in [5.41, 5.74) is 6.78. The van der Waals surface area contributed by atoms with E-state index in [1.807, 2.05) is 12.1 Å². The van der Waals surface area contributed by atoms with Crippen LogP contribution in [0.3, 0.4) is 0 Å². The van der Waals surface area contributed by atoms with Gasteiger partial charge in [-0.05, 0) is 49.4 Å². The molecule has 0 radical (unpaired) electrons. The maximum Gasteiger partial charge on any atom is 0.188 e. The Labute approximate surface area is 113 Å². The number of aliphatic imine (C=N–C) groups is 1. The third-order valence-corrected chi connectivity index (χ3v) is 4.06. The van der Waals surface area contributed by atoms with E-state index in [0.717, 1.165) is 37.3 Å². The molecule has 2 aliphatic rings. The van der Waals surface area contributed by atoms with Crippen molar-refractivity contribution in [3.05, 3.63) is 29.8 Å². The van der Waals surface area contributed by atoms with E-state index in [9.17, 15) is 5.11 Å². The van der Waals surface area contributed by atoms with Gasteiger partial charge in [-0.15, -0.1) is 0 Å². The molecule has 1 heterocycles. The maximum atomic E-state index is 9.47. The summed E-state index contributed by atoms with van der Waals surface area (Å²) in [6.07, 6.45) is 4.14. The first-order chi connectivity index (χ1) is 9.24. The Morgan fingerprint density at radius 3 is 3.05 bits per heavy atom. The second kappa shape index (κ2) is 5.21. The van der Waals surface area contributed by atoms with Crippen LogP contribution in [0.1, 0.15) is 24.8 Å². The van der Waals surface area contributed by atoms with E-state index in [4.69, 9.17) is 10.5 Å². The largest absolute Gasteiger partial charge is 0.508 e. The van der Waals surface area contributed by atoms with Crippen molar-refractivity contribution in [3.8, 4) is 5.75 Å². The fourth-order valence-electron chi connectivity index (χ4n) is 3.00. The van der Waals surface area contributed by atoms with Gasteiger partial charge in [0, 0.05) is 6.42 Å². The molecule has 3 rings (SSSR count). The zero-order chi connectivity index (χ0) is 13.2. The quantitative estimate of drug-likeness (QED) is 0.871. The SMILES string of the molecule is NCC1CCC2N=C(Cc3cccc(O)c3)OC2C1. The molecule has 1 fully saturated rings. The molecular weight excluding hydrogens is 240 g/mol. The summed E-state index contributed by atoms with van der Waals surface area (Å²) >= 11 is 0. The van der Waals surface area contributed by atoms with Gasteiger partial charge in [0.25, 0.3) is 0 Å². The van der Waals surface area contributed by atoms with Crippen LogP contribution in [-0.2, 0) is 11.2 Å². The van der Waals surface area contributed by atoms with E-state index in [-0.39, 0.29) is 11.9 Å². The molecule has 4 nitrogen and oxygen atoms in total. The molecule has 3 unspecified atom stereocenters. The van der Waals surface area contributed by atoms with Gasteiger partial charge in [-0.25, -0.2) is 4.99 Å². The minimum atomic E-state index is 0.217. The summed E-state index contributed by atoms with van der Waals surface area (Å²) in [6, 6.07) is 7.58. The van der Waals surface area contributed by atoms with Crippen LogP contribution in [0.5, 0.6) is 5.75 Å². The van der Waals surface area contributed by atoms with Gasteiger partial charge in [0.15, 0.2) is 5.90 Å². The normalized spacial score (nSPS) is 29.5.